The lowest BCUT2D eigenvalue weighted by atomic mass is 9.95. The van der Waals surface area contributed by atoms with Crippen molar-refractivity contribution in [2.24, 2.45) is 10.5 Å². The zero-order valence-corrected chi connectivity index (χ0v) is 24.5. The Bertz CT molecular complexity index is 1410. The molecule has 0 aliphatic heterocycles. The average Bonchev–Trinajstić information content (AvgIpc) is 2.93. The number of esters is 1. The number of hydrogen-bond donors (Lipinski definition) is 2. The first-order valence-corrected chi connectivity index (χ1v) is 12.8. The standard InChI is InChI=1S/C29H30BrN3O7/c1-29(2,3)28(36)32-21-10-7-17(8-11-21)26(34)33-31-16-19-13-20(30)9-12-22(19)40-27(35)18-14-23(37-4)25(39-6)24(15-18)38-5/h7-16H,1-6H3,(H,32,36)(H,33,34). The second-order valence-electron chi connectivity index (χ2n) is 9.47. The number of nitrogens with one attached hydrogen (secondary N) is 2. The molecule has 0 heterocycles. The second-order valence-corrected chi connectivity index (χ2v) is 10.4. The number of carbonyl (C=O) groups is 3. The van der Waals surface area contributed by atoms with Gasteiger partial charge in [0.15, 0.2) is 11.5 Å². The van der Waals surface area contributed by atoms with Crippen LogP contribution in [0.3, 0.4) is 0 Å². The molecule has 10 nitrogen and oxygen atoms in total. The fourth-order valence-corrected chi connectivity index (χ4v) is 3.70. The van der Waals surface area contributed by atoms with E-state index in [0.29, 0.717) is 38.5 Å². The van der Waals surface area contributed by atoms with Crippen molar-refractivity contribution in [1.29, 1.82) is 0 Å². The van der Waals surface area contributed by atoms with E-state index >= 15 is 0 Å². The number of anilines is 1. The number of nitrogens with zero attached hydrogens (tertiary/aromatic N) is 1. The highest BCUT2D eigenvalue weighted by Gasteiger charge is 2.21. The van der Waals surface area contributed by atoms with Gasteiger partial charge in [0.1, 0.15) is 5.75 Å². The Labute approximate surface area is 240 Å². The van der Waals surface area contributed by atoms with E-state index in [-0.39, 0.29) is 17.2 Å². The van der Waals surface area contributed by atoms with Gasteiger partial charge in [0.2, 0.25) is 11.7 Å². The molecule has 0 saturated carbocycles. The molecular formula is C29H30BrN3O7. The van der Waals surface area contributed by atoms with E-state index in [9.17, 15) is 14.4 Å². The van der Waals surface area contributed by atoms with Crippen LogP contribution >= 0.6 is 15.9 Å². The minimum atomic E-state index is -0.668. The highest BCUT2D eigenvalue weighted by Crippen LogP contribution is 2.38. The maximum Gasteiger partial charge on any atom is 0.343 e. The fourth-order valence-electron chi connectivity index (χ4n) is 3.32. The summed E-state index contributed by atoms with van der Waals surface area (Å²) in [6.07, 6.45) is 1.36. The summed E-state index contributed by atoms with van der Waals surface area (Å²) >= 11 is 3.39. The van der Waals surface area contributed by atoms with E-state index in [1.165, 1.54) is 39.7 Å². The van der Waals surface area contributed by atoms with Gasteiger partial charge in [-0.25, -0.2) is 10.2 Å². The Kier molecular flexibility index (Phi) is 9.89. The van der Waals surface area contributed by atoms with E-state index in [2.05, 4.69) is 31.8 Å². The van der Waals surface area contributed by atoms with Crippen LogP contribution in [0, 0.1) is 5.41 Å². The molecule has 0 spiro atoms. The third-order valence-electron chi connectivity index (χ3n) is 5.53. The molecule has 3 aromatic carbocycles. The van der Waals surface area contributed by atoms with Gasteiger partial charge in [-0.15, -0.1) is 0 Å². The quantitative estimate of drug-likeness (QED) is 0.143. The van der Waals surface area contributed by atoms with Gasteiger partial charge in [-0.2, -0.15) is 5.10 Å². The lowest BCUT2D eigenvalue weighted by molar-refractivity contribution is -0.123. The van der Waals surface area contributed by atoms with Crippen molar-refractivity contribution in [2.75, 3.05) is 26.6 Å². The van der Waals surface area contributed by atoms with Crippen molar-refractivity contribution in [3.05, 3.63) is 75.8 Å². The first kappa shape index (κ1) is 30.2. The zero-order valence-electron chi connectivity index (χ0n) is 23.0. The molecule has 210 valence electrons. The summed E-state index contributed by atoms with van der Waals surface area (Å²) in [6.45, 7) is 5.44. The average molecular weight is 612 g/mol. The van der Waals surface area contributed by atoms with Crippen LogP contribution in [0.2, 0.25) is 0 Å². The lowest BCUT2D eigenvalue weighted by Crippen LogP contribution is -2.27. The number of halogens is 1. The number of carbonyl (C=O) groups excluding carboxylic acids is 3. The molecule has 0 atom stereocenters. The molecule has 0 radical (unpaired) electrons. The van der Waals surface area contributed by atoms with E-state index in [1.807, 2.05) is 20.8 Å². The second kappa shape index (κ2) is 13.1. The van der Waals surface area contributed by atoms with Crippen LogP contribution in [0.1, 0.15) is 47.1 Å². The summed E-state index contributed by atoms with van der Waals surface area (Å²) < 4.78 is 22.2. The van der Waals surface area contributed by atoms with Crippen LogP contribution in [-0.4, -0.2) is 45.3 Å². The molecule has 0 aromatic heterocycles. The summed E-state index contributed by atoms with van der Waals surface area (Å²) in [6, 6.07) is 14.4. The molecule has 0 aliphatic carbocycles. The van der Waals surface area contributed by atoms with Crippen molar-refractivity contribution >= 4 is 45.6 Å². The fraction of sp³-hybridized carbons (Fsp3) is 0.241. The van der Waals surface area contributed by atoms with Gasteiger partial charge in [-0.05, 0) is 54.6 Å². The molecule has 11 heteroatoms. The zero-order chi connectivity index (χ0) is 29.4. The van der Waals surface area contributed by atoms with Crippen LogP contribution in [0.15, 0.2) is 64.2 Å². The Morgan fingerprint density at radius 1 is 0.825 bits per heavy atom. The van der Waals surface area contributed by atoms with E-state index < -0.39 is 17.3 Å². The highest BCUT2D eigenvalue weighted by atomic mass is 79.9. The number of hydrogen-bond acceptors (Lipinski definition) is 8. The lowest BCUT2D eigenvalue weighted by Gasteiger charge is -2.17. The molecule has 0 fully saturated rings. The molecule has 0 bridgehead atoms. The summed E-state index contributed by atoms with van der Waals surface area (Å²) in [5, 5.41) is 6.82. The van der Waals surface area contributed by atoms with Crippen molar-refractivity contribution < 1.29 is 33.3 Å². The summed E-state index contributed by atoms with van der Waals surface area (Å²) in [5.41, 5.74) is 3.43. The van der Waals surface area contributed by atoms with Crippen molar-refractivity contribution in [2.45, 2.75) is 20.8 Å². The number of methoxy groups -OCH3 is 3. The number of hydrazone groups is 1. The van der Waals surface area contributed by atoms with Crippen molar-refractivity contribution in [3.63, 3.8) is 0 Å². The Morgan fingerprint density at radius 3 is 2.00 bits per heavy atom. The van der Waals surface area contributed by atoms with E-state index in [1.54, 1.807) is 42.5 Å². The van der Waals surface area contributed by atoms with Gasteiger partial charge < -0.3 is 24.3 Å². The molecule has 0 saturated heterocycles. The molecule has 0 aliphatic rings. The maximum atomic E-state index is 13.0. The first-order chi connectivity index (χ1) is 19.0. The summed E-state index contributed by atoms with van der Waals surface area (Å²) in [7, 11) is 4.36. The first-order valence-electron chi connectivity index (χ1n) is 12.0. The number of benzene rings is 3. The number of amides is 2. The van der Waals surface area contributed by atoms with Crippen molar-refractivity contribution in [3.8, 4) is 23.0 Å². The largest absolute Gasteiger partial charge is 0.493 e. The monoisotopic (exact) mass is 611 g/mol. The van der Waals surface area contributed by atoms with Crippen LogP contribution in [0.25, 0.3) is 0 Å². The van der Waals surface area contributed by atoms with Gasteiger partial charge in [-0.3, -0.25) is 9.59 Å². The highest BCUT2D eigenvalue weighted by molar-refractivity contribution is 9.10. The van der Waals surface area contributed by atoms with Crippen LogP contribution in [0.5, 0.6) is 23.0 Å². The van der Waals surface area contributed by atoms with Crippen LogP contribution < -0.4 is 29.7 Å². The molecule has 2 amide bonds. The number of rotatable bonds is 9. The smallest absolute Gasteiger partial charge is 0.343 e. The van der Waals surface area contributed by atoms with Gasteiger partial charge in [-0.1, -0.05) is 36.7 Å². The number of ether oxygens (including phenoxy) is 4. The van der Waals surface area contributed by atoms with Gasteiger partial charge in [0, 0.05) is 26.7 Å². The van der Waals surface area contributed by atoms with Crippen LogP contribution in [0.4, 0.5) is 5.69 Å². The normalized spacial score (nSPS) is 11.1. The molecule has 3 rings (SSSR count). The Hall–Kier alpha value is -4.38. The van der Waals surface area contributed by atoms with Gasteiger partial charge >= 0.3 is 5.97 Å². The Morgan fingerprint density at radius 2 is 1.45 bits per heavy atom. The minimum Gasteiger partial charge on any atom is -0.493 e. The predicted molar refractivity (Wildman–Crippen MR) is 155 cm³/mol. The third kappa shape index (κ3) is 7.60. The molecule has 2 N–H and O–H groups in total. The van der Waals surface area contributed by atoms with Crippen LogP contribution in [-0.2, 0) is 4.79 Å². The van der Waals surface area contributed by atoms with E-state index in [0.717, 1.165) is 0 Å². The SMILES string of the molecule is COc1cc(C(=O)Oc2ccc(Br)cc2C=NNC(=O)c2ccc(NC(=O)C(C)(C)C)cc2)cc(OC)c1OC. The summed E-state index contributed by atoms with van der Waals surface area (Å²) in [4.78, 5) is 37.7. The summed E-state index contributed by atoms with van der Waals surface area (Å²) in [5.74, 6) is -0.103. The van der Waals surface area contributed by atoms with E-state index in [4.69, 9.17) is 18.9 Å². The van der Waals surface area contributed by atoms with Gasteiger partial charge in [0.05, 0.1) is 33.1 Å². The molecule has 40 heavy (non-hydrogen) atoms. The predicted octanol–water partition coefficient (Wildman–Crippen LogP) is 5.44. The maximum absolute atomic E-state index is 13.0. The molecule has 3 aromatic rings. The third-order valence-corrected chi connectivity index (χ3v) is 6.02. The molecule has 0 unspecified atom stereocenters. The minimum absolute atomic E-state index is 0.134. The van der Waals surface area contributed by atoms with Crippen molar-refractivity contribution in [1.82, 2.24) is 5.43 Å². The Balaban J connectivity index is 1.73. The van der Waals surface area contributed by atoms with Gasteiger partial charge in [0.25, 0.3) is 5.91 Å². The topological polar surface area (TPSA) is 125 Å². The molecular weight excluding hydrogens is 582 g/mol.